The Balaban J connectivity index is 2.27. The lowest BCUT2D eigenvalue weighted by molar-refractivity contribution is 0.0605. The van der Waals surface area contributed by atoms with E-state index in [-0.39, 0.29) is 5.97 Å². The van der Waals surface area contributed by atoms with Gasteiger partial charge in [-0.25, -0.2) is 4.79 Å². The molecule has 0 amide bonds. The van der Waals surface area contributed by atoms with Crippen molar-refractivity contribution in [2.24, 2.45) is 0 Å². The number of ether oxygens (including phenoxy) is 1. The highest BCUT2D eigenvalue weighted by molar-refractivity contribution is 7.99. The molecule has 5 heteroatoms. The lowest BCUT2D eigenvalue weighted by Crippen LogP contribution is -2.00. The largest absolute Gasteiger partial charge is 0.465 e. The van der Waals surface area contributed by atoms with Crippen LogP contribution in [0.3, 0.4) is 0 Å². The number of rotatable bonds is 4. The van der Waals surface area contributed by atoms with Gasteiger partial charge in [0.1, 0.15) is 0 Å². The number of carbonyl (C=O) groups is 1. The third kappa shape index (κ3) is 2.49. The van der Waals surface area contributed by atoms with E-state index in [1.54, 1.807) is 11.8 Å². The van der Waals surface area contributed by atoms with E-state index in [0.29, 0.717) is 11.4 Å². The summed E-state index contributed by atoms with van der Waals surface area (Å²) >= 11 is 7.45. The van der Waals surface area contributed by atoms with Crippen LogP contribution in [0.1, 0.15) is 10.4 Å². The molecule has 2 heterocycles. The Hall–Kier alpha value is -1.65. The van der Waals surface area contributed by atoms with Crippen LogP contribution in [0.5, 0.6) is 0 Å². The maximum atomic E-state index is 12.1. The molecule has 0 bridgehead atoms. The van der Waals surface area contributed by atoms with Crippen molar-refractivity contribution in [2.45, 2.75) is 4.90 Å². The molecule has 1 aromatic carbocycles. The second kappa shape index (κ2) is 6.00. The molecule has 108 valence electrons. The Morgan fingerprint density at radius 1 is 1.29 bits per heavy atom. The third-order valence-electron chi connectivity index (χ3n) is 3.35. The zero-order valence-electron chi connectivity index (χ0n) is 11.5. The third-order valence-corrected chi connectivity index (χ3v) is 4.76. The van der Waals surface area contributed by atoms with E-state index >= 15 is 0 Å². The van der Waals surface area contributed by atoms with Crippen molar-refractivity contribution in [1.29, 1.82) is 0 Å². The molecule has 2 aromatic heterocycles. The van der Waals surface area contributed by atoms with E-state index in [2.05, 4.69) is 6.07 Å². The molecule has 0 fully saturated rings. The predicted molar refractivity (Wildman–Crippen MR) is 87.7 cm³/mol. The van der Waals surface area contributed by atoms with Gasteiger partial charge in [-0.1, -0.05) is 12.1 Å². The van der Waals surface area contributed by atoms with Crippen molar-refractivity contribution >= 4 is 45.8 Å². The first-order chi connectivity index (χ1) is 10.3. The van der Waals surface area contributed by atoms with Crippen LogP contribution in [0.25, 0.3) is 16.4 Å². The Morgan fingerprint density at radius 2 is 2.14 bits per heavy atom. The summed E-state index contributed by atoms with van der Waals surface area (Å²) in [5.41, 5.74) is 2.48. The fraction of sp³-hybridized carbons (Fsp3) is 0.188. The SMILES string of the molecule is COC(=O)c1c2ccc(SCCCl)cc2n2ccccc12. The van der Waals surface area contributed by atoms with Crippen LogP contribution in [0.4, 0.5) is 0 Å². The summed E-state index contributed by atoms with van der Waals surface area (Å²) in [5.74, 6) is 1.17. The number of esters is 1. The number of benzene rings is 1. The van der Waals surface area contributed by atoms with Crippen molar-refractivity contribution in [3.63, 3.8) is 0 Å². The molecule has 3 rings (SSSR count). The summed E-state index contributed by atoms with van der Waals surface area (Å²) in [5, 5.41) is 0.906. The van der Waals surface area contributed by atoms with Crippen LogP contribution in [-0.4, -0.2) is 29.1 Å². The minimum atomic E-state index is -0.310. The van der Waals surface area contributed by atoms with E-state index in [0.717, 1.165) is 27.1 Å². The van der Waals surface area contributed by atoms with Crippen LogP contribution in [0, 0.1) is 0 Å². The van der Waals surface area contributed by atoms with Crippen LogP contribution < -0.4 is 0 Å². The summed E-state index contributed by atoms with van der Waals surface area (Å²) in [6.45, 7) is 0. The number of nitrogens with zero attached hydrogens (tertiary/aromatic N) is 1. The van der Waals surface area contributed by atoms with Crippen LogP contribution in [0.2, 0.25) is 0 Å². The zero-order valence-corrected chi connectivity index (χ0v) is 13.1. The molecule has 0 unspecified atom stereocenters. The van der Waals surface area contributed by atoms with Crippen molar-refractivity contribution < 1.29 is 9.53 Å². The summed E-state index contributed by atoms with van der Waals surface area (Å²) in [6.07, 6.45) is 1.96. The normalized spacial score (nSPS) is 11.1. The molecule has 0 saturated carbocycles. The number of hydrogen-bond acceptors (Lipinski definition) is 3. The molecule has 0 radical (unpaired) electrons. The van der Waals surface area contributed by atoms with Crippen LogP contribution in [-0.2, 0) is 4.74 Å². The molecule has 21 heavy (non-hydrogen) atoms. The second-order valence-corrected chi connectivity index (χ2v) is 6.09. The summed E-state index contributed by atoms with van der Waals surface area (Å²) in [7, 11) is 1.41. The highest BCUT2D eigenvalue weighted by Gasteiger charge is 2.18. The van der Waals surface area contributed by atoms with Gasteiger partial charge >= 0.3 is 5.97 Å². The molecule has 0 aliphatic carbocycles. The Kier molecular flexibility index (Phi) is 4.08. The first-order valence-corrected chi connectivity index (χ1v) is 8.08. The fourth-order valence-electron chi connectivity index (χ4n) is 2.48. The molecular weight excluding hydrogens is 306 g/mol. The number of alkyl halides is 1. The van der Waals surface area contributed by atoms with Gasteiger partial charge in [-0.2, -0.15) is 0 Å². The topological polar surface area (TPSA) is 30.7 Å². The van der Waals surface area contributed by atoms with Gasteiger partial charge in [-0.15, -0.1) is 23.4 Å². The Labute approximate surface area is 131 Å². The van der Waals surface area contributed by atoms with Gasteiger partial charge in [0.2, 0.25) is 0 Å². The van der Waals surface area contributed by atoms with E-state index in [1.165, 1.54) is 7.11 Å². The van der Waals surface area contributed by atoms with Crippen molar-refractivity contribution in [3.8, 4) is 0 Å². The minimum absolute atomic E-state index is 0.310. The van der Waals surface area contributed by atoms with Crippen molar-refractivity contribution in [3.05, 3.63) is 48.2 Å². The number of pyridine rings is 1. The molecular formula is C16H14ClNO2S. The van der Waals surface area contributed by atoms with Crippen LogP contribution >= 0.6 is 23.4 Å². The summed E-state index contributed by atoms with van der Waals surface area (Å²) in [4.78, 5) is 13.2. The number of halogens is 1. The van der Waals surface area contributed by atoms with E-state index in [9.17, 15) is 4.79 Å². The first-order valence-electron chi connectivity index (χ1n) is 6.56. The lowest BCUT2D eigenvalue weighted by atomic mass is 10.1. The number of aromatic nitrogens is 1. The van der Waals surface area contributed by atoms with Gasteiger partial charge in [-0.3, -0.25) is 0 Å². The minimum Gasteiger partial charge on any atom is -0.465 e. The van der Waals surface area contributed by atoms with Gasteiger partial charge < -0.3 is 9.14 Å². The number of fused-ring (bicyclic) bond motifs is 3. The highest BCUT2D eigenvalue weighted by Crippen LogP contribution is 2.31. The molecule has 0 aliphatic heterocycles. The van der Waals surface area contributed by atoms with Crippen molar-refractivity contribution in [2.75, 3.05) is 18.7 Å². The van der Waals surface area contributed by atoms with E-state index in [4.69, 9.17) is 16.3 Å². The molecule has 0 atom stereocenters. The van der Waals surface area contributed by atoms with Crippen molar-refractivity contribution in [1.82, 2.24) is 4.40 Å². The summed E-state index contributed by atoms with van der Waals surface area (Å²) in [6, 6.07) is 11.9. The molecule has 0 saturated heterocycles. The lowest BCUT2D eigenvalue weighted by Gasteiger charge is -2.01. The molecule has 0 N–H and O–H groups in total. The number of thioether (sulfide) groups is 1. The smallest absolute Gasteiger partial charge is 0.340 e. The Bertz CT molecular complexity index is 812. The Morgan fingerprint density at radius 3 is 2.90 bits per heavy atom. The fourth-order valence-corrected chi connectivity index (χ4v) is 3.38. The standard InChI is InChI=1S/C16H14ClNO2S/c1-20-16(19)15-12-6-5-11(21-9-7-17)10-14(12)18-8-3-2-4-13(15)18/h2-6,8,10H,7,9H2,1H3. The van der Waals surface area contributed by atoms with Gasteiger partial charge in [-0.05, 0) is 24.3 Å². The maximum absolute atomic E-state index is 12.1. The van der Waals surface area contributed by atoms with E-state index in [1.807, 2.05) is 40.9 Å². The van der Waals surface area contributed by atoms with Gasteiger partial charge in [0.25, 0.3) is 0 Å². The molecule has 3 nitrogen and oxygen atoms in total. The van der Waals surface area contributed by atoms with Crippen LogP contribution in [0.15, 0.2) is 47.5 Å². The summed E-state index contributed by atoms with van der Waals surface area (Å²) < 4.78 is 6.95. The van der Waals surface area contributed by atoms with Gasteiger partial charge in [0.15, 0.2) is 0 Å². The van der Waals surface area contributed by atoms with Gasteiger partial charge in [0.05, 0.1) is 23.7 Å². The molecule has 0 spiro atoms. The average molecular weight is 320 g/mol. The number of hydrogen-bond donors (Lipinski definition) is 0. The first kappa shape index (κ1) is 14.3. The van der Waals surface area contributed by atoms with E-state index < -0.39 is 0 Å². The molecule has 3 aromatic rings. The zero-order chi connectivity index (χ0) is 14.8. The molecule has 0 aliphatic rings. The number of carbonyl (C=O) groups excluding carboxylic acids is 1. The predicted octanol–water partition coefficient (Wildman–Crippen LogP) is 4.21. The monoisotopic (exact) mass is 319 g/mol. The number of methoxy groups -OCH3 is 1. The average Bonchev–Trinajstić information content (AvgIpc) is 2.86. The highest BCUT2D eigenvalue weighted by atomic mass is 35.5. The maximum Gasteiger partial charge on any atom is 0.340 e. The quantitative estimate of drug-likeness (QED) is 0.410. The second-order valence-electron chi connectivity index (χ2n) is 4.54. The van der Waals surface area contributed by atoms with Gasteiger partial charge in [0, 0.05) is 28.1 Å².